The highest BCUT2D eigenvalue weighted by molar-refractivity contribution is 7.85. The number of carbonyl (C=O) groups excluding carboxylic acids is 1. The lowest BCUT2D eigenvalue weighted by Crippen LogP contribution is -2.34. The fourth-order valence-corrected chi connectivity index (χ4v) is 3.80. The molecule has 1 aliphatic rings. The van der Waals surface area contributed by atoms with Crippen LogP contribution in [0.5, 0.6) is 0 Å². The van der Waals surface area contributed by atoms with Crippen LogP contribution in [0.1, 0.15) is 17.0 Å². The van der Waals surface area contributed by atoms with E-state index in [0.29, 0.717) is 22.2 Å². The maximum absolute atomic E-state index is 12.0. The number of hydrogen-bond acceptors (Lipinski definition) is 4. The van der Waals surface area contributed by atoms with Crippen molar-refractivity contribution < 1.29 is 13.5 Å². The Kier molecular flexibility index (Phi) is 4.07. The van der Waals surface area contributed by atoms with Crippen LogP contribution >= 0.6 is 11.6 Å². The number of rotatable bonds is 3. The molecule has 1 aromatic carbocycles. The number of hydrogen-bond donors (Lipinski definition) is 1. The third-order valence-electron chi connectivity index (χ3n) is 3.27. The van der Waals surface area contributed by atoms with Gasteiger partial charge in [-0.2, -0.15) is 0 Å². The molecule has 0 unspecified atom stereocenters. The highest BCUT2D eigenvalue weighted by Crippen LogP contribution is 2.22. The van der Waals surface area contributed by atoms with Gasteiger partial charge in [0.05, 0.1) is 0 Å². The molecule has 3 rings (SSSR count). The fraction of sp³-hybridized carbons (Fsp3) is 0.286. The monoisotopic (exact) mass is 324 g/mol. The van der Waals surface area contributed by atoms with Gasteiger partial charge in [0.15, 0.2) is 0 Å². The van der Waals surface area contributed by atoms with Gasteiger partial charge in [-0.05, 0) is 18.6 Å². The minimum Gasteiger partial charge on any atom is -0.350 e. The zero-order chi connectivity index (χ0) is 14.8. The van der Waals surface area contributed by atoms with Crippen LogP contribution in [0.25, 0.3) is 11.3 Å². The summed E-state index contributed by atoms with van der Waals surface area (Å²) in [7, 11) is -0.828. The Morgan fingerprint density at radius 3 is 3.00 bits per heavy atom. The van der Waals surface area contributed by atoms with E-state index in [4.69, 9.17) is 16.1 Å². The predicted octanol–water partition coefficient (Wildman–Crippen LogP) is 2.25. The molecule has 0 saturated carbocycles. The van der Waals surface area contributed by atoms with Crippen molar-refractivity contribution in [1.82, 2.24) is 10.5 Å². The van der Waals surface area contributed by atoms with Crippen LogP contribution in [0.15, 0.2) is 34.9 Å². The highest BCUT2D eigenvalue weighted by atomic mass is 35.5. The topological polar surface area (TPSA) is 72.2 Å². The van der Waals surface area contributed by atoms with Crippen molar-refractivity contribution in [3.63, 3.8) is 0 Å². The normalized spacial score (nSPS) is 21.4. The van der Waals surface area contributed by atoms with E-state index in [-0.39, 0.29) is 17.7 Å². The smallest absolute Gasteiger partial charge is 0.290 e. The van der Waals surface area contributed by atoms with Gasteiger partial charge in [0.25, 0.3) is 5.91 Å². The van der Waals surface area contributed by atoms with Gasteiger partial charge >= 0.3 is 0 Å². The van der Waals surface area contributed by atoms with E-state index in [1.54, 1.807) is 24.3 Å². The first-order valence-corrected chi connectivity index (χ1v) is 8.37. The van der Waals surface area contributed by atoms with Crippen LogP contribution in [0.4, 0.5) is 0 Å². The van der Waals surface area contributed by atoms with Crippen LogP contribution in [-0.4, -0.2) is 32.8 Å². The van der Waals surface area contributed by atoms with Crippen LogP contribution in [-0.2, 0) is 10.8 Å². The lowest BCUT2D eigenvalue weighted by molar-refractivity contribution is 0.0904. The van der Waals surface area contributed by atoms with Crippen molar-refractivity contribution in [2.24, 2.45) is 0 Å². The summed E-state index contributed by atoms with van der Waals surface area (Å²) in [5, 5.41) is 7.29. The van der Waals surface area contributed by atoms with Crippen molar-refractivity contribution in [1.29, 1.82) is 0 Å². The molecule has 1 aliphatic heterocycles. The fourth-order valence-electron chi connectivity index (χ4n) is 2.20. The lowest BCUT2D eigenvalue weighted by Gasteiger charge is -2.08. The lowest BCUT2D eigenvalue weighted by atomic mass is 10.1. The summed E-state index contributed by atoms with van der Waals surface area (Å²) in [6.07, 6.45) is 0.730. The number of halogens is 1. The molecule has 0 spiro atoms. The second kappa shape index (κ2) is 5.99. The van der Waals surface area contributed by atoms with Crippen LogP contribution < -0.4 is 5.32 Å². The SMILES string of the molecule is O=C(N[C@H]1CC[S@](=O)C1)c1cc(-c2cccc(Cl)c2)no1. The van der Waals surface area contributed by atoms with E-state index in [1.807, 2.05) is 6.07 Å². The zero-order valence-electron chi connectivity index (χ0n) is 11.0. The van der Waals surface area contributed by atoms with Crippen LogP contribution in [0.3, 0.4) is 0 Å². The second-order valence-corrected chi connectivity index (χ2v) is 6.91. The second-order valence-electron chi connectivity index (χ2n) is 4.86. The molecule has 110 valence electrons. The maximum atomic E-state index is 12.0. The van der Waals surface area contributed by atoms with E-state index in [2.05, 4.69) is 10.5 Å². The first-order valence-electron chi connectivity index (χ1n) is 6.50. The predicted molar refractivity (Wildman–Crippen MR) is 80.7 cm³/mol. The van der Waals surface area contributed by atoms with Crippen molar-refractivity contribution in [3.05, 3.63) is 41.1 Å². The number of nitrogens with one attached hydrogen (secondary N) is 1. The van der Waals surface area contributed by atoms with Gasteiger partial charge in [-0.15, -0.1) is 0 Å². The van der Waals surface area contributed by atoms with Gasteiger partial charge in [-0.3, -0.25) is 9.00 Å². The van der Waals surface area contributed by atoms with Gasteiger partial charge < -0.3 is 9.84 Å². The quantitative estimate of drug-likeness (QED) is 0.940. The van der Waals surface area contributed by atoms with Crippen molar-refractivity contribution in [2.45, 2.75) is 12.5 Å². The molecule has 7 heteroatoms. The first-order chi connectivity index (χ1) is 10.1. The molecule has 2 heterocycles. The number of benzene rings is 1. The number of nitrogens with zero attached hydrogens (tertiary/aromatic N) is 1. The molecule has 1 N–H and O–H groups in total. The molecule has 1 amide bonds. The summed E-state index contributed by atoms with van der Waals surface area (Å²) in [5.41, 5.74) is 1.34. The van der Waals surface area contributed by atoms with Crippen LogP contribution in [0, 0.1) is 0 Å². The molecule has 1 saturated heterocycles. The largest absolute Gasteiger partial charge is 0.350 e. The Labute approximate surface area is 129 Å². The standard InChI is InChI=1S/C14H13ClN2O3S/c15-10-3-1-2-9(6-10)12-7-13(20-17-12)14(18)16-11-4-5-21(19)8-11/h1-3,6-7,11H,4-5,8H2,(H,16,18)/t11-,21-/m0/s1. The third kappa shape index (κ3) is 3.33. The third-order valence-corrected chi connectivity index (χ3v) is 4.97. The van der Waals surface area contributed by atoms with E-state index in [1.165, 1.54) is 0 Å². The molecule has 0 bridgehead atoms. The summed E-state index contributed by atoms with van der Waals surface area (Å²) in [4.78, 5) is 12.0. The molecule has 21 heavy (non-hydrogen) atoms. The van der Waals surface area contributed by atoms with Gasteiger partial charge in [0, 0.05) is 45.0 Å². The van der Waals surface area contributed by atoms with Crippen molar-refractivity contribution in [2.75, 3.05) is 11.5 Å². The minimum absolute atomic E-state index is 0.0574. The van der Waals surface area contributed by atoms with Gasteiger partial charge in [-0.1, -0.05) is 28.9 Å². The summed E-state index contributed by atoms with van der Waals surface area (Å²) >= 11 is 5.92. The molecule has 2 aromatic rings. The molecular weight excluding hydrogens is 312 g/mol. The Morgan fingerprint density at radius 2 is 2.29 bits per heavy atom. The zero-order valence-corrected chi connectivity index (χ0v) is 12.6. The molecule has 0 aliphatic carbocycles. The first kappa shape index (κ1) is 14.3. The molecule has 0 radical (unpaired) electrons. The number of aromatic nitrogens is 1. The van der Waals surface area contributed by atoms with Crippen LogP contribution in [0.2, 0.25) is 5.02 Å². The van der Waals surface area contributed by atoms with Crippen molar-refractivity contribution >= 4 is 28.3 Å². The maximum Gasteiger partial charge on any atom is 0.290 e. The average molecular weight is 325 g/mol. The highest BCUT2D eigenvalue weighted by Gasteiger charge is 2.24. The Morgan fingerprint density at radius 1 is 1.43 bits per heavy atom. The summed E-state index contributed by atoms with van der Waals surface area (Å²) in [5.74, 6) is 0.943. The molecule has 2 atom stereocenters. The van der Waals surface area contributed by atoms with E-state index in [9.17, 15) is 9.00 Å². The number of amides is 1. The van der Waals surface area contributed by atoms with E-state index < -0.39 is 10.8 Å². The minimum atomic E-state index is -0.828. The number of carbonyl (C=O) groups is 1. The summed E-state index contributed by atoms with van der Waals surface area (Å²) in [6.45, 7) is 0. The molecule has 1 aromatic heterocycles. The van der Waals surface area contributed by atoms with Gasteiger partial charge in [-0.25, -0.2) is 0 Å². The van der Waals surface area contributed by atoms with E-state index >= 15 is 0 Å². The summed E-state index contributed by atoms with van der Waals surface area (Å²) < 4.78 is 16.4. The Bertz CT molecular complexity index is 701. The van der Waals surface area contributed by atoms with Gasteiger partial charge in [0.2, 0.25) is 5.76 Å². The molecule has 1 fully saturated rings. The van der Waals surface area contributed by atoms with E-state index in [0.717, 1.165) is 12.0 Å². The Balaban J connectivity index is 1.72. The Hall–Kier alpha value is -1.66. The average Bonchev–Trinajstić information content (AvgIpc) is 3.08. The molecular formula is C14H13ClN2O3S. The molecule has 5 nitrogen and oxygen atoms in total. The summed E-state index contributed by atoms with van der Waals surface area (Å²) in [6, 6.07) is 8.68. The van der Waals surface area contributed by atoms with Crippen molar-refractivity contribution in [3.8, 4) is 11.3 Å². The van der Waals surface area contributed by atoms with Gasteiger partial charge in [0.1, 0.15) is 5.69 Å².